The first kappa shape index (κ1) is 27.9. The predicted molar refractivity (Wildman–Crippen MR) is 113 cm³/mol. The van der Waals surface area contributed by atoms with Crippen LogP contribution in [0.1, 0.15) is 26.2 Å². The number of nitrogens with one attached hydrogen (secondary N) is 3. The van der Waals surface area contributed by atoms with Crippen LogP contribution in [0.2, 0.25) is 0 Å². The molecular formula is C16H29N7O7S. The van der Waals surface area contributed by atoms with E-state index in [4.69, 9.17) is 22.3 Å². The van der Waals surface area contributed by atoms with Crippen LogP contribution in [0, 0.1) is 0 Å². The fourth-order valence-corrected chi connectivity index (χ4v) is 2.44. The van der Waals surface area contributed by atoms with Gasteiger partial charge in [-0.05, 0) is 19.8 Å². The quantitative estimate of drug-likeness (QED) is 0.0528. The lowest BCUT2D eigenvalue weighted by Crippen LogP contribution is -2.57. The molecule has 0 aromatic carbocycles. The molecule has 0 aliphatic heterocycles. The Morgan fingerprint density at radius 1 is 0.935 bits per heavy atom. The molecule has 11 N–H and O–H groups in total. The number of carbonyl (C=O) groups is 5. The first-order valence-corrected chi connectivity index (χ1v) is 9.79. The summed E-state index contributed by atoms with van der Waals surface area (Å²) in [7, 11) is 0. The maximum absolute atomic E-state index is 12.4. The number of hydrogen-bond donors (Lipinski definition) is 9. The monoisotopic (exact) mass is 463 g/mol. The molecule has 0 aliphatic carbocycles. The molecule has 0 saturated carbocycles. The van der Waals surface area contributed by atoms with Gasteiger partial charge in [0.1, 0.15) is 18.1 Å². The van der Waals surface area contributed by atoms with E-state index < -0.39 is 60.2 Å². The van der Waals surface area contributed by atoms with Gasteiger partial charge < -0.3 is 43.4 Å². The predicted octanol–water partition coefficient (Wildman–Crippen LogP) is -3.67. The number of aliphatic imine (C=N–C) groups is 1. The molecule has 176 valence electrons. The smallest absolute Gasteiger partial charge is 0.326 e. The molecule has 0 heterocycles. The number of amides is 3. The van der Waals surface area contributed by atoms with Crippen molar-refractivity contribution in [1.82, 2.24) is 16.0 Å². The summed E-state index contributed by atoms with van der Waals surface area (Å²) < 4.78 is 0. The molecule has 0 spiro atoms. The zero-order valence-corrected chi connectivity index (χ0v) is 17.8. The number of carbonyl (C=O) groups excluding carboxylic acids is 3. The zero-order valence-electron chi connectivity index (χ0n) is 16.9. The Morgan fingerprint density at radius 3 is 1.90 bits per heavy atom. The Kier molecular flexibility index (Phi) is 12.6. The number of nitrogens with two attached hydrogens (primary N) is 3. The number of nitrogens with zero attached hydrogens (tertiary/aromatic N) is 1. The van der Waals surface area contributed by atoms with E-state index in [2.05, 4.69) is 33.6 Å². The lowest BCUT2D eigenvalue weighted by atomic mass is 10.1. The summed E-state index contributed by atoms with van der Waals surface area (Å²) in [5.74, 6) is -5.64. The van der Waals surface area contributed by atoms with Gasteiger partial charge in [-0.3, -0.25) is 24.2 Å². The van der Waals surface area contributed by atoms with E-state index in [0.717, 1.165) is 0 Å². The Labute approximate surface area is 183 Å². The maximum atomic E-state index is 12.4. The number of carboxylic acid groups (broad SMARTS) is 2. The topological polar surface area (TPSA) is 252 Å². The number of carboxylic acids is 2. The molecule has 0 saturated heterocycles. The van der Waals surface area contributed by atoms with Gasteiger partial charge in [0.25, 0.3) is 0 Å². The SMILES string of the molecule is CC(N)C(=O)NC(CC(=O)O)C(=O)NC(CS)C(=O)NC(CCCN=C(N)N)C(=O)O. The third-order valence-electron chi connectivity index (χ3n) is 3.80. The largest absolute Gasteiger partial charge is 0.481 e. The van der Waals surface area contributed by atoms with Gasteiger partial charge in [0.2, 0.25) is 17.7 Å². The van der Waals surface area contributed by atoms with E-state index in [1.54, 1.807) is 0 Å². The molecule has 0 fully saturated rings. The van der Waals surface area contributed by atoms with Crippen molar-refractivity contribution in [2.75, 3.05) is 12.3 Å². The van der Waals surface area contributed by atoms with Gasteiger partial charge in [0.05, 0.1) is 12.5 Å². The van der Waals surface area contributed by atoms with Crippen LogP contribution >= 0.6 is 12.6 Å². The molecule has 4 atom stereocenters. The number of thiol groups is 1. The second kappa shape index (κ2) is 14.0. The molecule has 0 bridgehead atoms. The fraction of sp³-hybridized carbons (Fsp3) is 0.625. The second-order valence-electron chi connectivity index (χ2n) is 6.54. The van der Waals surface area contributed by atoms with E-state index in [1.807, 2.05) is 0 Å². The summed E-state index contributed by atoms with van der Waals surface area (Å²) >= 11 is 3.96. The first-order valence-electron chi connectivity index (χ1n) is 9.16. The van der Waals surface area contributed by atoms with Gasteiger partial charge in [-0.15, -0.1) is 0 Å². The van der Waals surface area contributed by atoms with Crippen molar-refractivity contribution in [3.05, 3.63) is 0 Å². The lowest BCUT2D eigenvalue weighted by molar-refractivity contribution is -0.143. The normalized spacial score (nSPS) is 14.3. The molecule has 14 nitrogen and oxygen atoms in total. The van der Waals surface area contributed by atoms with E-state index >= 15 is 0 Å². The van der Waals surface area contributed by atoms with Crippen molar-refractivity contribution < 1.29 is 34.2 Å². The van der Waals surface area contributed by atoms with Crippen molar-refractivity contribution in [2.24, 2.45) is 22.2 Å². The average Bonchev–Trinajstić information content (AvgIpc) is 2.66. The first-order chi connectivity index (χ1) is 14.4. The number of hydrogen-bond acceptors (Lipinski definition) is 8. The van der Waals surface area contributed by atoms with Crippen LogP contribution in [0.4, 0.5) is 0 Å². The highest BCUT2D eigenvalue weighted by atomic mass is 32.1. The summed E-state index contributed by atoms with van der Waals surface area (Å²) in [5.41, 5.74) is 15.8. The third kappa shape index (κ3) is 11.6. The minimum Gasteiger partial charge on any atom is -0.481 e. The van der Waals surface area contributed by atoms with Crippen LogP contribution in [0.25, 0.3) is 0 Å². The number of rotatable bonds is 14. The van der Waals surface area contributed by atoms with Crippen LogP contribution in [0.15, 0.2) is 4.99 Å². The lowest BCUT2D eigenvalue weighted by Gasteiger charge is -2.23. The summed E-state index contributed by atoms with van der Waals surface area (Å²) in [4.78, 5) is 62.6. The van der Waals surface area contributed by atoms with Crippen molar-refractivity contribution in [3.63, 3.8) is 0 Å². The highest BCUT2D eigenvalue weighted by Gasteiger charge is 2.30. The molecule has 3 amide bonds. The molecule has 0 aromatic heterocycles. The minimum atomic E-state index is -1.50. The third-order valence-corrected chi connectivity index (χ3v) is 4.17. The highest BCUT2D eigenvalue weighted by molar-refractivity contribution is 7.80. The summed E-state index contributed by atoms with van der Waals surface area (Å²) in [6.07, 6.45) is -0.484. The molecule has 31 heavy (non-hydrogen) atoms. The van der Waals surface area contributed by atoms with Gasteiger partial charge in [-0.25, -0.2) is 4.79 Å². The van der Waals surface area contributed by atoms with Crippen molar-refractivity contribution >= 4 is 48.2 Å². The van der Waals surface area contributed by atoms with E-state index in [0.29, 0.717) is 0 Å². The molecule has 0 aromatic rings. The Balaban J connectivity index is 5.11. The minimum absolute atomic E-state index is 0.0111. The fourth-order valence-electron chi connectivity index (χ4n) is 2.19. The van der Waals surface area contributed by atoms with E-state index in [-0.39, 0.29) is 31.1 Å². The summed E-state index contributed by atoms with van der Waals surface area (Å²) in [6.45, 7) is 1.50. The standard InChI is InChI=1S/C16H29N7O7S/c1-7(17)12(26)22-9(5-11(24)25)13(27)23-10(6-31)14(28)21-8(15(29)30)3-2-4-20-16(18)19/h7-10,31H,2-6,17H2,1H3,(H,21,28)(H,22,26)(H,23,27)(H,24,25)(H,29,30)(H4,18,19,20). The van der Waals surface area contributed by atoms with Crippen LogP contribution in [-0.2, 0) is 24.0 Å². The zero-order chi connectivity index (χ0) is 24.1. The van der Waals surface area contributed by atoms with Crippen LogP contribution in [-0.4, -0.2) is 82.3 Å². The molecule has 0 aliphatic rings. The highest BCUT2D eigenvalue weighted by Crippen LogP contribution is 2.02. The van der Waals surface area contributed by atoms with Crippen LogP contribution < -0.4 is 33.2 Å². The van der Waals surface area contributed by atoms with Crippen LogP contribution in [0.3, 0.4) is 0 Å². The van der Waals surface area contributed by atoms with Crippen molar-refractivity contribution in [3.8, 4) is 0 Å². The van der Waals surface area contributed by atoms with Gasteiger partial charge in [-0.1, -0.05) is 0 Å². The Bertz CT molecular complexity index is 698. The van der Waals surface area contributed by atoms with Crippen molar-refractivity contribution in [2.45, 2.75) is 50.4 Å². The molecule has 0 rings (SSSR count). The molecule has 15 heteroatoms. The number of guanidine groups is 1. The Morgan fingerprint density at radius 2 is 1.45 bits per heavy atom. The van der Waals surface area contributed by atoms with Gasteiger partial charge in [-0.2, -0.15) is 12.6 Å². The molecule has 4 unspecified atom stereocenters. The summed E-state index contributed by atoms with van der Waals surface area (Å²) in [5, 5.41) is 24.9. The average molecular weight is 464 g/mol. The van der Waals surface area contributed by atoms with Gasteiger partial charge >= 0.3 is 11.9 Å². The van der Waals surface area contributed by atoms with Gasteiger partial charge in [0.15, 0.2) is 5.96 Å². The van der Waals surface area contributed by atoms with Crippen LogP contribution in [0.5, 0.6) is 0 Å². The molecule has 0 radical (unpaired) electrons. The summed E-state index contributed by atoms with van der Waals surface area (Å²) in [6, 6.07) is -5.07. The maximum Gasteiger partial charge on any atom is 0.326 e. The second-order valence-corrected chi connectivity index (χ2v) is 6.90. The van der Waals surface area contributed by atoms with E-state index in [1.165, 1.54) is 6.92 Å². The van der Waals surface area contributed by atoms with Crippen molar-refractivity contribution in [1.29, 1.82) is 0 Å². The Hall–Kier alpha value is -3.07. The van der Waals surface area contributed by atoms with Gasteiger partial charge in [0, 0.05) is 12.3 Å². The molecular weight excluding hydrogens is 434 g/mol. The van der Waals surface area contributed by atoms with E-state index in [9.17, 15) is 29.1 Å². The number of aliphatic carboxylic acids is 2.